The quantitative estimate of drug-likeness (QED) is 0.684. The van der Waals surface area contributed by atoms with Gasteiger partial charge in [-0.25, -0.2) is 9.78 Å². The molecule has 2 saturated heterocycles. The Balaban J connectivity index is 1.41. The second-order valence-electron chi connectivity index (χ2n) is 9.34. The highest BCUT2D eigenvalue weighted by atomic mass is 35.5. The first kappa shape index (κ1) is 25.0. The second kappa shape index (κ2) is 11.1. The number of piperazine rings is 1. The van der Waals surface area contributed by atoms with Crippen molar-refractivity contribution in [2.75, 3.05) is 38.0 Å². The fraction of sp³-hybridized carbons (Fsp3) is 0.462. The summed E-state index contributed by atoms with van der Waals surface area (Å²) in [5.41, 5.74) is 3.26. The van der Waals surface area contributed by atoms with Gasteiger partial charge < -0.3 is 15.1 Å². The molecule has 0 saturated carbocycles. The SMILES string of the molecule is Cc1c(CN2CCN(C(=O)N3CCCCC3)[C@@H](C)C2)cc(Cl)cc1NC(=O)c1ccc(C#N)nc1. The molecule has 3 amide bonds. The summed E-state index contributed by atoms with van der Waals surface area (Å²) in [6, 6.07) is 9.01. The Kier molecular flexibility index (Phi) is 7.89. The zero-order chi connectivity index (χ0) is 24.9. The van der Waals surface area contributed by atoms with Crippen LogP contribution in [-0.2, 0) is 6.54 Å². The summed E-state index contributed by atoms with van der Waals surface area (Å²) in [4.78, 5) is 36.0. The van der Waals surface area contributed by atoms with Crippen molar-refractivity contribution >= 4 is 29.2 Å². The molecule has 2 aliphatic heterocycles. The van der Waals surface area contributed by atoms with Gasteiger partial charge in [-0.1, -0.05) is 11.6 Å². The monoisotopic (exact) mass is 494 g/mol. The molecule has 1 aromatic carbocycles. The van der Waals surface area contributed by atoms with Crippen molar-refractivity contribution in [2.45, 2.75) is 45.7 Å². The third kappa shape index (κ3) is 5.92. The van der Waals surface area contributed by atoms with Crippen LogP contribution in [0.3, 0.4) is 0 Å². The molecule has 0 bridgehead atoms. The number of halogens is 1. The van der Waals surface area contributed by atoms with Gasteiger partial charge in [-0.2, -0.15) is 5.26 Å². The maximum Gasteiger partial charge on any atom is 0.320 e. The molecule has 1 N–H and O–H groups in total. The first-order valence-corrected chi connectivity index (χ1v) is 12.5. The van der Waals surface area contributed by atoms with Crippen molar-refractivity contribution in [1.29, 1.82) is 5.26 Å². The van der Waals surface area contributed by atoms with Crippen LogP contribution in [0.15, 0.2) is 30.5 Å². The van der Waals surface area contributed by atoms with Crippen molar-refractivity contribution in [3.05, 3.63) is 57.9 Å². The van der Waals surface area contributed by atoms with Crippen molar-refractivity contribution in [1.82, 2.24) is 19.7 Å². The van der Waals surface area contributed by atoms with Crippen LogP contribution in [0.5, 0.6) is 0 Å². The van der Waals surface area contributed by atoms with Crippen molar-refractivity contribution < 1.29 is 9.59 Å². The average Bonchev–Trinajstić information content (AvgIpc) is 2.87. The molecule has 0 spiro atoms. The van der Waals surface area contributed by atoms with Crippen LogP contribution in [0.4, 0.5) is 10.5 Å². The first-order valence-electron chi connectivity index (χ1n) is 12.1. The number of carbonyl (C=O) groups excluding carboxylic acids is 2. The molecule has 1 aromatic heterocycles. The number of nitrogens with zero attached hydrogens (tertiary/aromatic N) is 5. The molecule has 2 aliphatic rings. The molecule has 2 fully saturated rings. The van der Waals surface area contributed by atoms with Crippen LogP contribution >= 0.6 is 11.6 Å². The molecule has 8 nitrogen and oxygen atoms in total. The molecule has 4 rings (SSSR count). The summed E-state index contributed by atoms with van der Waals surface area (Å²) in [5, 5.41) is 12.4. The summed E-state index contributed by atoms with van der Waals surface area (Å²) in [5.74, 6) is -0.309. The maximum atomic E-state index is 13.0. The van der Waals surface area contributed by atoms with E-state index in [4.69, 9.17) is 16.9 Å². The van der Waals surface area contributed by atoms with Crippen LogP contribution in [0.25, 0.3) is 0 Å². The summed E-state index contributed by atoms with van der Waals surface area (Å²) in [6.45, 7) is 8.75. The van der Waals surface area contributed by atoms with E-state index in [1.165, 1.54) is 18.7 Å². The molecule has 0 radical (unpaired) electrons. The number of carbonyl (C=O) groups is 2. The van der Waals surface area contributed by atoms with Crippen molar-refractivity contribution in [2.24, 2.45) is 0 Å². The third-order valence-electron chi connectivity index (χ3n) is 6.85. The van der Waals surface area contributed by atoms with Gasteiger partial charge in [-0.05, 0) is 68.5 Å². The van der Waals surface area contributed by atoms with E-state index in [2.05, 4.69) is 22.1 Å². The fourth-order valence-electron chi connectivity index (χ4n) is 4.79. The van der Waals surface area contributed by atoms with Gasteiger partial charge in [0.1, 0.15) is 11.8 Å². The van der Waals surface area contributed by atoms with Gasteiger partial charge in [0.15, 0.2) is 0 Å². The van der Waals surface area contributed by atoms with E-state index >= 15 is 0 Å². The molecular weight excluding hydrogens is 464 g/mol. The van der Waals surface area contributed by atoms with E-state index in [1.54, 1.807) is 12.1 Å². The number of aromatic nitrogens is 1. The number of nitrogens with one attached hydrogen (secondary N) is 1. The van der Waals surface area contributed by atoms with Gasteiger partial charge in [0, 0.05) is 62.2 Å². The average molecular weight is 495 g/mol. The second-order valence-corrected chi connectivity index (χ2v) is 9.78. The van der Waals surface area contributed by atoms with E-state index in [9.17, 15) is 9.59 Å². The van der Waals surface area contributed by atoms with Gasteiger partial charge in [-0.3, -0.25) is 9.69 Å². The van der Waals surface area contributed by atoms with E-state index in [1.807, 2.05) is 28.9 Å². The normalized spacial score (nSPS) is 18.7. The highest BCUT2D eigenvalue weighted by Crippen LogP contribution is 2.27. The van der Waals surface area contributed by atoms with E-state index < -0.39 is 0 Å². The third-order valence-corrected chi connectivity index (χ3v) is 7.06. The maximum absolute atomic E-state index is 13.0. The number of hydrogen-bond donors (Lipinski definition) is 1. The van der Waals surface area contributed by atoms with Crippen LogP contribution in [0.1, 0.15) is 53.4 Å². The molecule has 0 unspecified atom stereocenters. The van der Waals surface area contributed by atoms with Crippen LogP contribution < -0.4 is 5.32 Å². The van der Waals surface area contributed by atoms with Gasteiger partial charge in [-0.15, -0.1) is 0 Å². The molecule has 184 valence electrons. The molecule has 1 atom stereocenters. The molecule has 2 aromatic rings. The minimum absolute atomic E-state index is 0.126. The van der Waals surface area contributed by atoms with E-state index in [-0.39, 0.29) is 23.7 Å². The lowest BCUT2D eigenvalue weighted by Crippen LogP contribution is -2.57. The Morgan fingerprint density at radius 3 is 2.60 bits per heavy atom. The highest BCUT2D eigenvalue weighted by molar-refractivity contribution is 6.31. The Morgan fingerprint density at radius 2 is 1.94 bits per heavy atom. The number of urea groups is 1. The summed E-state index contributed by atoms with van der Waals surface area (Å²) in [6.07, 6.45) is 4.78. The number of anilines is 1. The zero-order valence-electron chi connectivity index (χ0n) is 20.3. The Bertz CT molecular complexity index is 1120. The highest BCUT2D eigenvalue weighted by Gasteiger charge is 2.31. The largest absolute Gasteiger partial charge is 0.325 e. The van der Waals surface area contributed by atoms with Gasteiger partial charge in [0.25, 0.3) is 5.91 Å². The number of benzene rings is 1. The van der Waals surface area contributed by atoms with E-state index in [0.717, 1.165) is 50.1 Å². The zero-order valence-corrected chi connectivity index (χ0v) is 21.0. The van der Waals surface area contributed by atoms with Crippen LogP contribution in [0, 0.1) is 18.3 Å². The first-order chi connectivity index (χ1) is 16.9. The molecule has 3 heterocycles. The summed E-state index contributed by atoms with van der Waals surface area (Å²) in [7, 11) is 0. The number of piperidine rings is 1. The molecular formula is C26H31ClN6O2. The molecule has 0 aliphatic carbocycles. The number of rotatable bonds is 4. The number of hydrogen-bond acceptors (Lipinski definition) is 5. The minimum Gasteiger partial charge on any atom is -0.325 e. The van der Waals surface area contributed by atoms with Crippen LogP contribution in [-0.4, -0.2) is 70.4 Å². The van der Waals surface area contributed by atoms with E-state index in [0.29, 0.717) is 29.4 Å². The Labute approximate surface area is 211 Å². The van der Waals surface area contributed by atoms with Crippen LogP contribution in [0.2, 0.25) is 5.02 Å². The number of amides is 3. The topological polar surface area (TPSA) is 92.6 Å². The number of likely N-dealkylation sites (tertiary alicyclic amines) is 1. The fourth-order valence-corrected chi connectivity index (χ4v) is 5.03. The summed E-state index contributed by atoms with van der Waals surface area (Å²) >= 11 is 6.41. The van der Waals surface area contributed by atoms with Gasteiger partial charge in [0.05, 0.1) is 5.56 Å². The Hall–Kier alpha value is -3.15. The smallest absolute Gasteiger partial charge is 0.320 e. The lowest BCUT2D eigenvalue weighted by molar-refractivity contribution is 0.0741. The number of pyridine rings is 1. The Morgan fingerprint density at radius 1 is 1.17 bits per heavy atom. The summed E-state index contributed by atoms with van der Waals surface area (Å²) < 4.78 is 0. The lowest BCUT2D eigenvalue weighted by atomic mass is 10.0. The lowest BCUT2D eigenvalue weighted by Gasteiger charge is -2.42. The molecule has 9 heteroatoms. The van der Waals surface area contributed by atoms with Crippen molar-refractivity contribution in [3.63, 3.8) is 0 Å². The predicted octanol–water partition coefficient (Wildman–Crippen LogP) is 4.28. The number of nitriles is 1. The standard InChI is InChI=1S/C26H31ClN6O2/c1-18-16-31(10-11-33(18)26(35)32-8-4-3-5-9-32)17-21-12-22(27)13-24(19(21)2)30-25(34)20-6-7-23(14-28)29-15-20/h6-7,12-13,15,18H,3-5,8-11,16-17H2,1-2H3,(H,30,34)/t18-/m0/s1. The minimum atomic E-state index is -0.309. The van der Waals surface area contributed by atoms with Crippen molar-refractivity contribution in [3.8, 4) is 6.07 Å². The molecule has 35 heavy (non-hydrogen) atoms. The predicted molar refractivity (Wildman–Crippen MR) is 135 cm³/mol. The van der Waals surface area contributed by atoms with Gasteiger partial charge >= 0.3 is 6.03 Å². The van der Waals surface area contributed by atoms with Gasteiger partial charge in [0.2, 0.25) is 0 Å².